The van der Waals surface area contributed by atoms with Gasteiger partial charge in [0, 0.05) is 54.7 Å². The fourth-order valence-corrected chi connectivity index (χ4v) is 5.81. The molecule has 1 fully saturated rings. The van der Waals surface area contributed by atoms with E-state index in [-0.39, 0.29) is 48.8 Å². The highest BCUT2D eigenvalue weighted by Crippen LogP contribution is 2.46. The number of carbonyl (C=O) groups excluding carboxylic acids is 3. The number of halogens is 1. The molecule has 48 heavy (non-hydrogen) atoms. The van der Waals surface area contributed by atoms with Crippen LogP contribution in [0.25, 0.3) is 22.2 Å². The molecule has 11 heteroatoms. The second-order valence-electron chi connectivity index (χ2n) is 13.0. The van der Waals surface area contributed by atoms with E-state index in [2.05, 4.69) is 15.6 Å². The standard InChI is InChI=1S/C37H39FN4O6/c1-22(43)39-16-5-17-41-35(45)36(2)21-47-34-28(36)20-31(42-33(34)23-7-9-26(38)10-8-23)37(3,46)14-13-29(44)25-18-24-6-4-15-40-32(24)30(19-25)48-27-11-12-27/h4,6-10,15,18-20,27,46H,5,11-14,16-17,21H2,1-3H3,(H,39,43)(H,41,45)/t36-,37-/m0/s1. The molecule has 2 aliphatic rings. The van der Waals surface area contributed by atoms with E-state index in [4.69, 9.17) is 14.5 Å². The second-order valence-corrected chi connectivity index (χ2v) is 13.0. The van der Waals surface area contributed by atoms with Gasteiger partial charge in [0.2, 0.25) is 11.8 Å². The summed E-state index contributed by atoms with van der Waals surface area (Å²) in [5.74, 6) is -0.0692. The number of ketones is 1. The van der Waals surface area contributed by atoms with Crippen molar-refractivity contribution in [3.63, 3.8) is 0 Å². The lowest BCUT2D eigenvalue weighted by atomic mass is 9.81. The van der Waals surface area contributed by atoms with Crippen molar-refractivity contribution in [2.24, 2.45) is 0 Å². The first kappa shape index (κ1) is 33.0. The Bertz CT molecular complexity index is 1870. The van der Waals surface area contributed by atoms with E-state index in [0.717, 1.165) is 18.2 Å². The molecule has 1 aliphatic carbocycles. The Morgan fingerprint density at radius 2 is 1.85 bits per heavy atom. The molecule has 1 saturated carbocycles. The smallest absolute Gasteiger partial charge is 0.234 e. The Hall–Kier alpha value is -4.90. The van der Waals surface area contributed by atoms with Crippen LogP contribution in [-0.2, 0) is 20.6 Å². The number of amides is 2. The molecule has 3 N–H and O–H groups in total. The van der Waals surface area contributed by atoms with E-state index in [9.17, 15) is 23.9 Å². The number of nitrogens with zero attached hydrogens (tertiary/aromatic N) is 2. The summed E-state index contributed by atoms with van der Waals surface area (Å²) < 4.78 is 26.0. The predicted octanol–water partition coefficient (Wildman–Crippen LogP) is 5.14. The summed E-state index contributed by atoms with van der Waals surface area (Å²) in [4.78, 5) is 47.6. The minimum atomic E-state index is -1.58. The molecule has 2 amide bonds. The lowest BCUT2D eigenvalue weighted by Crippen LogP contribution is -2.44. The molecular weight excluding hydrogens is 615 g/mol. The highest BCUT2D eigenvalue weighted by Gasteiger charge is 2.46. The number of Topliss-reactive ketones (excluding diaryl/α,β-unsaturated/α-hetero) is 1. The van der Waals surface area contributed by atoms with Gasteiger partial charge in [-0.2, -0.15) is 0 Å². The van der Waals surface area contributed by atoms with Crippen LogP contribution in [0, 0.1) is 5.82 Å². The summed E-state index contributed by atoms with van der Waals surface area (Å²) >= 11 is 0. The van der Waals surface area contributed by atoms with Crippen molar-refractivity contribution in [2.45, 2.75) is 70.0 Å². The van der Waals surface area contributed by atoms with Gasteiger partial charge in [0.15, 0.2) is 5.78 Å². The predicted molar refractivity (Wildman–Crippen MR) is 177 cm³/mol. The quantitative estimate of drug-likeness (QED) is 0.133. The van der Waals surface area contributed by atoms with E-state index in [1.54, 1.807) is 50.4 Å². The lowest BCUT2D eigenvalue weighted by molar-refractivity contribution is -0.126. The summed E-state index contributed by atoms with van der Waals surface area (Å²) in [7, 11) is 0. The summed E-state index contributed by atoms with van der Waals surface area (Å²) in [5.41, 5.74) is 0.153. The fraction of sp³-hybridized carbons (Fsp3) is 0.378. The molecule has 0 unspecified atom stereocenters. The molecule has 10 nitrogen and oxygen atoms in total. The zero-order valence-corrected chi connectivity index (χ0v) is 27.3. The Morgan fingerprint density at radius 3 is 2.58 bits per heavy atom. The first-order chi connectivity index (χ1) is 22.9. The van der Waals surface area contributed by atoms with E-state index in [1.807, 2.05) is 12.1 Å². The molecule has 2 aromatic heterocycles. The van der Waals surface area contributed by atoms with E-state index in [1.165, 1.54) is 19.1 Å². The molecule has 4 aromatic rings. The number of nitrogens with one attached hydrogen (secondary N) is 2. The van der Waals surface area contributed by atoms with Crippen molar-refractivity contribution in [3.05, 3.63) is 83.4 Å². The van der Waals surface area contributed by atoms with E-state index < -0.39 is 16.8 Å². The molecular formula is C37H39FN4O6. The molecule has 2 aromatic carbocycles. The van der Waals surface area contributed by atoms with Crippen LogP contribution in [-0.4, -0.2) is 58.5 Å². The fourth-order valence-electron chi connectivity index (χ4n) is 5.81. The third-order valence-corrected chi connectivity index (χ3v) is 8.91. The van der Waals surface area contributed by atoms with Gasteiger partial charge in [0.1, 0.15) is 46.1 Å². The molecule has 0 spiro atoms. The number of fused-ring (bicyclic) bond motifs is 2. The first-order valence-corrected chi connectivity index (χ1v) is 16.2. The number of ether oxygens (including phenoxy) is 2. The molecule has 0 saturated heterocycles. The SMILES string of the molecule is CC(=O)NCCCNC(=O)[C@@]1(C)COc2c1cc([C@@](C)(O)CCC(=O)c1cc(OC3CC3)c3ncccc3c1)nc2-c1ccc(F)cc1. The minimum absolute atomic E-state index is 0.00877. The zero-order valence-electron chi connectivity index (χ0n) is 27.3. The van der Waals surface area contributed by atoms with Gasteiger partial charge in [-0.25, -0.2) is 9.37 Å². The molecule has 0 bridgehead atoms. The highest BCUT2D eigenvalue weighted by atomic mass is 19.1. The van der Waals surface area contributed by atoms with Gasteiger partial charge in [-0.05, 0) is 88.1 Å². The van der Waals surface area contributed by atoms with Crippen LogP contribution in [0.2, 0.25) is 0 Å². The van der Waals surface area contributed by atoms with E-state index >= 15 is 0 Å². The van der Waals surface area contributed by atoms with Gasteiger partial charge in [-0.3, -0.25) is 19.4 Å². The maximum atomic E-state index is 13.9. The minimum Gasteiger partial charge on any atom is -0.489 e. The second kappa shape index (κ2) is 13.3. The third kappa shape index (κ3) is 7.01. The average molecular weight is 655 g/mol. The Labute approximate surface area is 278 Å². The molecule has 0 radical (unpaired) electrons. The Balaban J connectivity index is 1.27. The average Bonchev–Trinajstić information content (AvgIpc) is 3.82. The van der Waals surface area contributed by atoms with Gasteiger partial charge in [0.05, 0.1) is 11.8 Å². The summed E-state index contributed by atoms with van der Waals surface area (Å²) in [6.45, 7) is 5.57. The Kier molecular flexibility index (Phi) is 9.15. The summed E-state index contributed by atoms with van der Waals surface area (Å²) in [5, 5.41) is 18.3. The molecule has 6 rings (SSSR count). The van der Waals surface area contributed by atoms with Crippen molar-refractivity contribution in [2.75, 3.05) is 19.7 Å². The van der Waals surface area contributed by atoms with E-state index in [0.29, 0.717) is 58.9 Å². The maximum Gasteiger partial charge on any atom is 0.234 e. The number of rotatable bonds is 13. The van der Waals surface area contributed by atoms with Crippen LogP contribution < -0.4 is 20.1 Å². The number of aromatic nitrogens is 2. The monoisotopic (exact) mass is 654 g/mol. The van der Waals surface area contributed by atoms with Gasteiger partial charge >= 0.3 is 0 Å². The summed E-state index contributed by atoms with van der Waals surface area (Å²) in [6, 6.07) is 14.6. The van der Waals surface area contributed by atoms with Gasteiger partial charge in [-0.15, -0.1) is 0 Å². The van der Waals surface area contributed by atoms with Gasteiger partial charge in [-0.1, -0.05) is 6.07 Å². The Morgan fingerprint density at radius 1 is 1.10 bits per heavy atom. The lowest BCUT2D eigenvalue weighted by Gasteiger charge is -2.26. The maximum absolute atomic E-state index is 13.9. The topological polar surface area (TPSA) is 140 Å². The highest BCUT2D eigenvalue weighted by molar-refractivity contribution is 6.01. The van der Waals surface area contributed by atoms with Gasteiger partial charge in [0.25, 0.3) is 0 Å². The van der Waals surface area contributed by atoms with Crippen molar-refractivity contribution in [1.82, 2.24) is 20.6 Å². The molecule has 2 atom stereocenters. The molecule has 3 heterocycles. The normalized spacial score (nSPS) is 18.0. The number of carbonyl (C=O) groups is 3. The van der Waals surface area contributed by atoms with Crippen molar-refractivity contribution in [3.8, 4) is 22.8 Å². The zero-order chi connectivity index (χ0) is 34.1. The number of hydrogen-bond acceptors (Lipinski definition) is 8. The number of benzene rings is 2. The number of hydrogen-bond donors (Lipinski definition) is 3. The summed E-state index contributed by atoms with van der Waals surface area (Å²) in [6.07, 6.45) is 4.34. The van der Waals surface area contributed by atoms with Crippen LogP contribution >= 0.6 is 0 Å². The van der Waals surface area contributed by atoms with Gasteiger partial charge < -0.3 is 25.2 Å². The molecule has 1 aliphatic heterocycles. The van der Waals surface area contributed by atoms with Crippen LogP contribution in [0.5, 0.6) is 11.5 Å². The van der Waals surface area contributed by atoms with Crippen LogP contribution in [0.1, 0.15) is 74.5 Å². The van der Waals surface area contributed by atoms with Crippen LogP contribution in [0.15, 0.2) is 60.8 Å². The van der Waals surface area contributed by atoms with Crippen molar-refractivity contribution >= 4 is 28.5 Å². The van der Waals surface area contributed by atoms with Crippen LogP contribution in [0.4, 0.5) is 4.39 Å². The van der Waals surface area contributed by atoms with Crippen molar-refractivity contribution < 1.29 is 33.4 Å². The number of aliphatic hydroxyl groups is 1. The molecule has 250 valence electrons. The third-order valence-electron chi connectivity index (χ3n) is 8.91. The largest absolute Gasteiger partial charge is 0.489 e. The first-order valence-electron chi connectivity index (χ1n) is 16.2. The van der Waals surface area contributed by atoms with Crippen molar-refractivity contribution in [1.29, 1.82) is 0 Å². The number of pyridine rings is 2. The van der Waals surface area contributed by atoms with Crippen LogP contribution in [0.3, 0.4) is 0 Å².